The lowest BCUT2D eigenvalue weighted by atomic mass is 10.1. The number of aryl methyl sites for hydroxylation is 2. The Balaban J connectivity index is 1.66. The zero-order chi connectivity index (χ0) is 32.5. The SMILES string of the molecule is Cc1ccc(S(=O)(=O)N[C@@H](Cc2cccs2)C(=O)NCCCC[C@@H](C(=O)O)N(CC(C)C)S(=O)(=O)c2ccc(C)cc2)cc1. The summed E-state index contributed by atoms with van der Waals surface area (Å²) in [6.45, 7) is 7.53. The molecule has 3 aromatic rings. The number of nitrogens with zero attached hydrogens (tertiary/aromatic N) is 1. The Labute approximate surface area is 264 Å². The van der Waals surface area contributed by atoms with Gasteiger partial charge in [0.15, 0.2) is 0 Å². The number of benzene rings is 2. The molecule has 0 aliphatic carbocycles. The topological polar surface area (TPSA) is 150 Å². The van der Waals surface area contributed by atoms with Crippen molar-refractivity contribution in [1.82, 2.24) is 14.3 Å². The molecule has 1 aromatic heterocycles. The van der Waals surface area contributed by atoms with Gasteiger partial charge in [-0.1, -0.05) is 55.3 Å². The van der Waals surface area contributed by atoms with Gasteiger partial charge in [-0.3, -0.25) is 9.59 Å². The van der Waals surface area contributed by atoms with Gasteiger partial charge in [0.1, 0.15) is 12.1 Å². The number of unbranched alkanes of at least 4 members (excludes halogenated alkanes) is 1. The Hall–Kier alpha value is -3.10. The minimum Gasteiger partial charge on any atom is -0.480 e. The highest BCUT2D eigenvalue weighted by atomic mass is 32.2. The van der Waals surface area contributed by atoms with Crippen LogP contribution in [0.25, 0.3) is 0 Å². The number of carbonyl (C=O) groups excluding carboxylic acids is 1. The molecule has 0 bridgehead atoms. The van der Waals surface area contributed by atoms with Crippen molar-refractivity contribution in [3.8, 4) is 0 Å². The number of hydrogen-bond acceptors (Lipinski definition) is 7. The van der Waals surface area contributed by atoms with Crippen LogP contribution < -0.4 is 10.0 Å². The second-order valence-corrected chi connectivity index (χ2v) is 15.8. The molecule has 1 heterocycles. The van der Waals surface area contributed by atoms with Gasteiger partial charge in [-0.15, -0.1) is 11.3 Å². The van der Waals surface area contributed by atoms with E-state index < -0.39 is 44.0 Å². The zero-order valence-corrected chi connectivity index (χ0v) is 27.8. The summed E-state index contributed by atoms with van der Waals surface area (Å²) in [5.41, 5.74) is 1.79. The smallest absolute Gasteiger partial charge is 0.322 e. The molecule has 0 fully saturated rings. The second-order valence-electron chi connectivity index (χ2n) is 11.2. The number of rotatable bonds is 17. The van der Waals surface area contributed by atoms with E-state index in [1.165, 1.54) is 35.6 Å². The normalized spacial score (nSPS) is 13.6. The molecule has 2 atom stereocenters. The molecule has 44 heavy (non-hydrogen) atoms. The summed E-state index contributed by atoms with van der Waals surface area (Å²) in [6, 6.07) is 13.9. The minimum absolute atomic E-state index is 0.0344. The average molecular weight is 664 g/mol. The Morgan fingerprint density at radius 1 is 0.886 bits per heavy atom. The molecule has 0 spiro atoms. The lowest BCUT2D eigenvalue weighted by Gasteiger charge is -2.29. The summed E-state index contributed by atoms with van der Waals surface area (Å²) in [5, 5.41) is 14.6. The molecule has 0 aliphatic rings. The van der Waals surface area contributed by atoms with E-state index in [-0.39, 0.29) is 41.6 Å². The Bertz CT molecular complexity index is 1590. The number of hydrogen-bond donors (Lipinski definition) is 3. The first kappa shape index (κ1) is 35.4. The third kappa shape index (κ3) is 9.96. The van der Waals surface area contributed by atoms with Crippen LogP contribution in [0.4, 0.5) is 0 Å². The van der Waals surface area contributed by atoms with E-state index in [0.717, 1.165) is 20.3 Å². The zero-order valence-electron chi connectivity index (χ0n) is 25.4. The Morgan fingerprint density at radius 2 is 1.48 bits per heavy atom. The first-order valence-corrected chi connectivity index (χ1v) is 18.2. The number of nitrogens with one attached hydrogen (secondary N) is 2. The van der Waals surface area contributed by atoms with E-state index in [0.29, 0.717) is 12.8 Å². The molecule has 0 unspecified atom stereocenters. The van der Waals surface area contributed by atoms with Gasteiger partial charge in [0.2, 0.25) is 26.0 Å². The van der Waals surface area contributed by atoms with Crippen LogP contribution >= 0.6 is 11.3 Å². The fourth-order valence-corrected chi connectivity index (χ4v) is 8.30. The molecule has 0 aliphatic heterocycles. The quantitative estimate of drug-likeness (QED) is 0.182. The van der Waals surface area contributed by atoms with Crippen LogP contribution in [-0.4, -0.2) is 63.3 Å². The molecule has 1 amide bonds. The molecule has 3 N–H and O–H groups in total. The standard InChI is InChI=1S/C31H41N3O7S3/c1-22(2)21-34(44(40,41)27-16-12-24(4)13-17-27)29(31(36)37)9-5-6-18-32-30(35)28(20-25-8-7-19-42-25)33-43(38,39)26-14-10-23(3)11-15-26/h7-8,10-17,19,22,28-29,33H,5-6,9,18,20-21H2,1-4H3,(H,32,35)(H,36,37)/t28-,29-/m0/s1. The van der Waals surface area contributed by atoms with E-state index in [4.69, 9.17) is 0 Å². The average Bonchev–Trinajstić information content (AvgIpc) is 3.47. The summed E-state index contributed by atoms with van der Waals surface area (Å²) in [4.78, 5) is 26.4. The van der Waals surface area contributed by atoms with E-state index >= 15 is 0 Å². The number of carbonyl (C=O) groups is 2. The third-order valence-electron chi connectivity index (χ3n) is 6.94. The first-order valence-electron chi connectivity index (χ1n) is 14.4. The molecule has 13 heteroatoms. The fraction of sp³-hybridized carbons (Fsp3) is 0.419. The maximum absolute atomic E-state index is 13.5. The lowest BCUT2D eigenvalue weighted by molar-refractivity contribution is -0.142. The molecule has 2 aromatic carbocycles. The predicted octanol–water partition coefficient (Wildman–Crippen LogP) is 4.34. The van der Waals surface area contributed by atoms with Crippen molar-refractivity contribution in [3.05, 3.63) is 82.0 Å². The van der Waals surface area contributed by atoms with Gasteiger partial charge in [-0.2, -0.15) is 9.03 Å². The molecule has 0 radical (unpaired) electrons. The van der Waals surface area contributed by atoms with Gasteiger partial charge in [0.25, 0.3) is 0 Å². The molecule has 10 nitrogen and oxygen atoms in total. The largest absolute Gasteiger partial charge is 0.480 e. The molecular weight excluding hydrogens is 623 g/mol. The number of carboxylic acids is 1. The van der Waals surface area contributed by atoms with Crippen LogP contribution in [0.2, 0.25) is 0 Å². The highest BCUT2D eigenvalue weighted by molar-refractivity contribution is 7.89. The van der Waals surface area contributed by atoms with Crippen molar-refractivity contribution >= 4 is 43.3 Å². The molecular formula is C31H41N3O7S3. The summed E-state index contributed by atoms with van der Waals surface area (Å²) < 4.78 is 56.7. The summed E-state index contributed by atoms with van der Waals surface area (Å²) in [6.07, 6.45) is 0.893. The number of amides is 1. The van der Waals surface area contributed by atoms with Crippen molar-refractivity contribution in [2.45, 2.75) is 75.3 Å². The fourth-order valence-electron chi connectivity index (χ4n) is 4.58. The van der Waals surface area contributed by atoms with Crippen molar-refractivity contribution in [2.75, 3.05) is 13.1 Å². The number of carboxylic acid groups (broad SMARTS) is 1. The molecule has 240 valence electrons. The van der Waals surface area contributed by atoms with Gasteiger partial charge < -0.3 is 10.4 Å². The van der Waals surface area contributed by atoms with E-state index in [1.54, 1.807) is 24.3 Å². The van der Waals surface area contributed by atoms with Crippen LogP contribution in [0, 0.1) is 19.8 Å². The van der Waals surface area contributed by atoms with Crippen molar-refractivity contribution in [2.24, 2.45) is 5.92 Å². The van der Waals surface area contributed by atoms with Gasteiger partial charge in [0, 0.05) is 24.4 Å². The molecule has 0 saturated heterocycles. The monoisotopic (exact) mass is 663 g/mol. The first-order chi connectivity index (χ1) is 20.7. The van der Waals surface area contributed by atoms with Crippen molar-refractivity contribution in [1.29, 1.82) is 0 Å². The molecule has 3 rings (SSSR count). The Kier molecular flexibility index (Phi) is 12.7. The van der Waals surface area contributed by atoms with E-state index in [1.807, 2.05) is 45.2 Å². The van der Waals surface area contributed by atoms with Crippen LogP contribution in [0.1, 0.15) is 49.1 Å². The van der Waals surface area contributed by atoms with Crippen LogP contribution in [0.5, 0.6) is 0 Å². The highest BCUT2D eigenvalue weighted by Crippen LogP contribution is 2.23. The third-order valence-corrected chi connectivity index (χ3v) is 11.2. The highest BCUT2D eigenvalue weighted by Gasteiger charge is 2.36. The van der Waals surface area contributed by atoms with E-state index in [9.17, 15) is 31.5 Å². The maximum atomic E-state index is 13.5. The lowest BCUT2D eigenvalue weighted by Crippen LogP contribution is -2.48. The van der Waals surface area contributed by atoms with Crippen molar-refractivity contribution < 1.29 is 31.5 Å². The molecule has 0 saturated carbocycles. The van der Waals surface area contributed by atoms with Crippen molar-refractivity contribution in [3.63, 3.8) is 0 Å². The summed E-state index contributed by atoms with van der Waals surface area (Å²) >= 11 is 1.41. The number of sulfonamides is 2. The maximum Gasteiger partial charge on any atom is 0.322 e. The van der Waals surface area contributed by atoms with Crippen LogP contribution in [-0.2, 0) is 36.1 Å². The van der Waals surface area contributed by atoms with Crippen LogP contribution in [0.3, 0.4) is 0 Å². The van der Waals surface area contributed by atoms with Gasteiger partial charge in [-0.25, -0.2) is 16.8 Å². The minimum atomic E-state index is -4.07. The number of thiophene rings is 1. The second kappa shape index (κ2) is 15.8. The summed E-state index contributed by atoms with van der Waals surface area (Å²) in [7, 11) is -8.05. The Morgan fingerprint density at radius 3 is 2.00 bits per heavy atom. The van der Waals surface area contributed by atoms with Gasteiger partial charge >= 0.3 is 5.97 Å². The van der Waals surface area contributed by atoms with Gasteiger partial charge in [-0.05, 0) is 74.7 Å². The van der Waals surface area contributed by atoms with E-state index in [2.05, 4.69) is 10.0 Å². The summed E-state index contributed by atoms with van der Waals surface area (Å²) in [5.74, 6) is -1.86. The number of aliphatic carboxylic acids is 1. The van der Waals surface area contributed by atoms with Gasteiger partial charge in [0.05, 0.1) is 9.79 Å². The van der Waals surface area contributed by atoms with Crippen LogP contribution in [0.15, 0.2) is 75.8 Å². The predicted molar refractivity (Wildman–Crippen MR) is 172 cm³/mol.